The molecule has 0 aromatic carbocycles. The lowest BCUT2D eigenvalue weighted by molar-refractivity contribution is 0.453. The fourth-order valence-corrected chi connectivity index (χ4v) is 3.55. The Kier molecular flexibility index (Phi) is 3.74. The molecule has 0 radical (unpaired) electrons. The van der Waals surface area contributed by atoms with Gasteiger partial charge in [0.25, 0.3) is 0 Å². The van der Waals surface area contributed by atoms with Crippen molar-refractivity contribution in [3.05, 3.63) is 0 Å². The Balaban J connectivity index is 2.44. The standard InChI is InChI=1S/C10H20ClNO2S/c1-9(2,3)8-15(13,14)12-7-10(6-11)4-5-10/h12H,4-8H2,1-3H3. The van der Waals surface area contributed by atoms with E-state index in [2.05, 4.69) is 4.72 Å². The first-order valence-corrected chi connectivity index (χ1v) is 7.40. The molecule has 0 aliphatic heterocycles. The number of sulfonamides is 1. The third kappa shape index (κ3) is 4.70. The van der Waals surface area contributed by atoms with Crippen LogP contribution < -0.4 is 4.72 Å². The van der Waals surface area contributed by atoms with E-state index in [1.54, 1.807) is 0 Å². The maximum atomic E-state index is 11.7. The Morgan fingerprint density at radius 2 is 1.87 bits per heavy atom. The minimum atomic E-state index is -3.15. The van der Waals surface area contributed by atoms with E-state index >= 15 is 0 Å². The van der Waals surface area contributed by atoms with Gasteiger partial charge in [0.2, 0.25) is 10.0 Å². The van der Waals surface area contributed by atoms with E-state index in [1.807, 2.05) is 20.8 Å². The smallest absolute Gasteiger partial charge is 0.212 e. The molecule has 0 aromatic heterocycles. The summed E-state index contributed by atoms with van der Waals surface area (Å²) >= 11 is 5.78. The second kappa shape index (κ2) is 4.22. The Bertz CT molecular complexity index is 315. The molecule has 1 fully saturated rings. The van der Waals surface area contributed by atoms with Gasteiger partial charge in [0, 0.05) is 12.4 Å². The lowest BCUT2D eigenvalue weighted by Gasteiger charge is -2.20. The zero-order valence-corrected chi connectivity index (χ0v) is 11.2. The van der Waals surface area contributed by atoms with Gasteiger partial charge in [0.15, 0.2) is 0 Å². The number of hydrogen-bond donors (Lipinski definition) is 1. The highest BCUT2D eigenvalue weighted by Gasteiger charge is 2.42. The van der Waals surface area contributed by atoms with Gasteiger partial charge in [0.05, 0.1) is 5.75 Å². The van der Waals surface area contributed by atoms with Crippen LogP contribution in [-0.2, 0) is 10.0 Å². The summed E-state index contributed by atoms with van der Waals surface area (Å²) in [4.78, 5) is 0. The largest absolute Gasteiger partial charge is 0.215 e. The maximum absolute atomic E-state index is 11.7. The molecule has 0 saturated heterocycles. The molecule has 0 unspecified atom stereocenters. The van der Waals surface area contributed by atoms with Crippen molar-refractivity contribution in [3.8, 4) is 0 Å². The van der Waals surface area contributed by atoms with Crippen molar-refractivity contribution in [2.45, 2.75) is 33.6 Å². The number of rotatable bonds is 5. The van der Waals surface area contributed by atoms with Gasteiger partial charge in [-0.05, 0) is 23.7 Å². The monoisotopic (exact) mass is 253 g/mol. The van der Waals surface area contributed by atoms with E-state index in [-0.39, 0.29) is 16.6 Å². The maximum Gasteiger partial charge on any atom is 0.212 e. The van der Waals surface area contributed by atoms with Crippen LogP contribution in [0.3, 0.4) is 0 Å². The predicted octanol–water partition coefficient (Wildman–Crippen LogP) is 1.97. The van der Waals surface area contributed by atoms with E-state index < -0.39 is 10.0 Å². The Morgan fingerprint density at radius 3 is 2.20 bits per heavy atom. The van der Waals surface area contributed by atoms with Crippen LogP contribution in [0.15, 0.2) is 0 Å². The van der Waals surface area contributed by atoms with Crippen molar-refractivity contribution in [3.63, 3.8) is 0 Å². The highest BCUT2D eigenvalue weighted by Crippen LogP contribution is 2.46. The molecule has 1 N–H and O–H groups in total. The summed E-state index contributed by atoms with van der Waals surface area (Å²) in [6.07, 6.45) is 2.07. The van der Waals surface area contributed by atoms with Crippen LogP contribution in [0.5, 0.6) is 0 Å². The van der Waals surface area contributed by atoms with Crippen LogP contribution in [0.25, 0.3) is 0 Å². The van der Waals surface area contributed by atoms with Gasteiger partial charge < -0.3 is 0 Å². The minimum Gasteiger partial charge on any atom is -0.215 e. The van der Waals surface area contributed by atoms with E-state index in [0.717, 1.165) is 12.8 Å². The summed E-state index contributed by atoms with van der Waals surface area (Å²) < 4.78 is 26.0. The van der Waals surface area contributed by atoms with Gasteiger partial charge in [-0.25, -0.2) is 13.1 Å². The molecule has 0 atom stereocenters. The fraction of sp³-hybridized carbons (Fsp3) is 1.00. The summed E-state index contributed by atoms with van der Waals surface area (Å²) in [5, 5.41) is 0. The average Bonchev–Trinajstić information content (AvgIpc) is 2.77. The molecule has 1 aliphatic rings. The van der Waals surface area contributed by atoms with E-state index in [9.17, 15) is 8.42 Å². The number of hydrogen-bond acceptors (Lipinski definition) is 2. The highest BCUT2D eigenvalue weighted by molar-refractivity contribution is 7.89. The van der Waals surface area contributed by atoms with Crippen molar-refractivity contribution in [2.75, 3.05) is 18.2 Å². The summed E-state index contributed by atoms with van der Waals surface area (Å²) in [5.74, 6) is 0.712. The van der Waals surface area contributed by atoms with Crippen LogP contribution in [0.1, 0.15) is 33.6 Å². The number of alkyl halides is 1. The van der Waals surface area contributed by atoms with Gasteiger partial charge in [-0.2, -0.15) is 0 Å². The molecule has 1 aliphatic carbocycles. The highest BCUT2D eigenvalue weighted by atomic mass is 35.5. The van der Waals surface area contributed by atoms with Crippen LogP contribution in [-0.4, -0.2) is 26.6 Å². The lowest BCUT2D eigenvalue weighted by Crippen LogP contribution is -2.36. The van der Waals surface area contributed by atoms with Gasteiger partial charge >= 0.3 is 0 Å². The molecule has 5 heteroatoms. The van der Waals surface area contributed by atoms with Crippen molar-refractivity contribution in [1.29, 1.82) is 0 Å². The second-order valence-electron chi connectivity index (χ2n) is 5.77. The first-order chi connectivity index (χ1) is 6.68. The topological polar surface area (TPSA) is 46.2 Å². The minimum absolute atomic E-state index is 0.0481. The number of halogens is 1. The number of nitrogens with one attached hydrogen (secondary N) is 1. The molecule has 0 heterocycles. The molecule has 15 heavy (non-hydrogen) atoms. The zero-order valence-electron chi connectivity index (χ0n) is 9.64. The molecular weight excluding hydrogens is 234 g/mol. The van der Waals surface area contributed by atoms with Crippen LogP contribution in [0.4, 0.5) is 0 Å². The molecular formula is C10H20ClNO2S. The molecule has 3 nitrogen and oxygen atoms in total. The van der Waals surface area contributed by atoms with Crippen LogP contribution in [0.2, 0.25) is 0 Å². The van der Waals surface area contributed by atoms with Crippen LogP contribution >= 0.6 is 11.6 Å². The zero-order chi connectivity index (χ0) is 11.7. The van der Waals surface area contributed by atoms with Gasteiger partial charge in [0.1, 0.15) is 0 Å². The predicted molar refractivity (Wildman–Crippen MR) is 63.6 cm³/mol. The van der Waals surface area contributed by atoms with Crippen molar-refractivity contribution in [2.24, 2.45) is 10.8 Å². The quantitative estimate of drug-likeness (QED) is 0.762. The summed E-state index contributed by atoms with van der Waals surface area (Å²) in [6, 6.07) is 0. The summed E-state index contributed by atoms with van der Waals surface area (Å²) in [7, 11) is -3.15. The van der Waals surface area contributed by atoms with E-state index in [1.165, 1.54) is 0 Å². The van der Waals surface area contributed by atoms with Crippen molar-refractivity contribution in [1.82, 2.24) is 4.72 Å². The van der Waals surface area contributed by atoms with Crippen LogP contribution in [0, 0.1) is 10.8 Å². The molecule has 0 amide bonds. The molecule has 1 saturated carbocycles. The van der Waals surface area contributed by atoms with Gasteiger partial charge in [-0.1, -0.05) is 20.8 Å². The SMILES string of the molecule is CC(C)(C)CS(=O)(=O)NCC1(CCl)CC1. The Labute approximate surface area is 97.6 Å². The first-order valence-electron chi connectivity index (χ1n) is 5.21. The molecule has 90 valence electrons. The third-order valence-electron chi connectivity index (χ3n) is 2.53. The molecule has 0 spiro atoms. The normalized spacial score (nSPS) is 20.3. The molecule has 1 rings (SSSR count). The average molecular weight is 254 g/mol. The summed E-state index contributed by atoms with van der Waals surface area (Å²) in [6.45, 7) is 6.25. The first kappa shape index (κ1) is 13.3. The molecule has 0 bridgehead atoms. The van der Waals surface area contributed by atoms with Crippen molar-refractivity contribution >= 4 is 21.6 Å². The second-order valence-corrected chi connectivity index (χ2v) is 7.85. The summed E-state index contributed by atoms with van der Waals surface area (Å²) in [5.41, 5.74) is -0.157. The van der Waals surface area contributed by atoms with Gasteiger partial charge in [-0.3, -0.25) is 0 Å². The van der Waals surface area contributed by atoms with Gasteiger partial charge in [-0.15, -0.1) is 11.6 Å². The van der Waals surface area contributed by atoms with E-state index in [0.29, 0.717) is 12.4 Å². The fourth-order valence-electron chi connectivity index (χ4n) is 1.42. The molecule has 0 aromatic rings. The Hall–Kier alpha value is 0.200. The third-order valence-corrected chi connectivity index (χ3v) is 4.93. The lowest BCUT2D eigenvalue weighted by atomic mass is 10.0. The van der Waals surface area contributed by atoms with Crippen molar-refractivity contribution < 1.29 is 8.42 Å². The van der Waals surface area contributed by atoms with E-state index in [4.69, 9.17) is 11.6 Å². The Morgan fingerprint density at radius 1 is 1.33 bits per heavy atom.